The van der Waals surface area contributed by atoms with Gasteiger partial charge >= 0.3 is 0 Å². The van der Waals surface area contributed by atoms with Gasteiger partial charge in [0.1, 0.15) is 5.02 Å². The van der Waals surface area contributed by atoms with Crippen LogP contribution in [0.2, 0.25) is 5.02 Å². The molecule has 9 heteroatoms. The van der Waals surface area contributed by atoms with Gasteiger partial charge in [-0.25, -0.2) is 4.98 Å². The van der Waals surface area contributed by atoms with E-state index in [2.05, 4.69) is 25.7 Å². The number of rotatable bonds is 5. The standard InChI is InChI=1S/C20H28ClN7O/c1-3-17(29)28-9-8-20(13-28)6-4-14(5-7-20)24-18-16(21)11-22-19(26-18)25-15-10-23-27(2)12-15/h10-12,14H,3-9,13H2,1-2H3,(H2,22,24,25,26). The van der Waals surface area contributed by atoms with Crippen LogP contribution >= 0.6 is 11.6 Å². The van der Waals surface area contributed by atoms with Crippen LogP contribution in [0.15, 0.2) is 18.6 Å². The lowest BCUT2D eigenvalue weighted by Gasteiger charge is -2.37. The maximum atomic E-state index is 12.0. The lowest BCUT2D eigenvalue weighted by atomic mass is 9.72. The van der Waals surface area contributed by atoms with E-state index in [0.717, 1.165) is 50.9 Å². The van der Waals surface area contributed by atoms with Gasteiger partial charge in [-0.15, -0.1) is 0 Å². The van der Waals surface area contributed by atoms with E-state index in [4.69, 9.17) is 11.6 Å². The summed E-state index contributed by atoms with van der Waals surface area (Å²) in [6.07, 6.45) is 11.3. The van der Waals surface area contributed by atoms with Crippen LogP contribution in [0.5, 0.6) is 0 Å². The van der Waals surface area contributed by atoms with Crippen LogP contribution in [0.25, 0.3) is 0 Å². The molecule has 1 aliphatic carbocycles. The molecule has 2 N–H and O–H groups in total. The van der Waals surface area contributed by atoms with Gasteiger partial charge in [0, 0.05) is 38.8 Å². The molecule has 0 aromatic carbocycles. The Balaban J connectivity index is 1.36. The topological polar surface area (TPSA) is 88.0 Å². The molecule has 2 aliphatic rings. The van der Waals surface area contributed by atoms with Gasteiger partial charge in [0.05, 0.1) is 18.1 Å². The van der Waals surface area contributed by atoms with Crippen molar-refractivity contribution in [3.8, 4) is 0 Å². The van der Waals surface area contributed by atoms with Crippen LogP contribution in [0.1, 0.15) is 45.4 Å². The van der Waals surface area contributed by atoms with Gasteiger partial charge in [0.15, 0.2) is 5.82 Å². The number of amides is 1. The average molecular weight is 418 g/mol. The minimum Gasteiger partial charge on any atom is -0.366 e. The van der Waals surface area contributed by atoms with Gasteiger partial charge < -0.3 is 15.5 Å². The summed E-state index contributed by atoms with van der Waals surface area (Å²) in [5.74, 6) is 1.42. The van der Waals surface area contributed by atoms with E-state index in [-0.39, 0.29) is 5.91 Å². The molecule has 3 heterocycles. The number of carbonyl (C=O) groups is 1. The lowest BCUT2D eigenvalue weighted by molar-refractivity contribution is -0.130. The number of likely N-dealkylation sites (tertiary alicyclic amines) is 1. The van der Waals surface area contributed by atoms with Crippen LogP contribution in [0, 0.1) is 5.41 Å². The second kappa shape index (κ2) is 8.18. The zero-order chi connectivity index (χ0) is 20.4. The first-order valence-electron chi connectivity index (χ1n) is 10.3. The summed E-state index contributed by atoms with van der Waals surface area (Å²) in [7, 11) is 1.86. The summed E-state index contributed by atoms with van der Waals surface area (Å²) in [6, 6.07) is 0.329. The lowest BCUT2D eigenvalue weighted by Crippen LogP contribution is -2.37. The second-order valence-electron chi connectivity index (χ2n) is 8.26. The minimum absolute atomic E-state index is 0.281. The Morgan fingerprint density at radius 3 is 2.79 bits per heavy atom. The Hall–Kier alpha value is -2.35. The highest BCUT2D eigenvalue weighted by atomic mass is 35.5. The molecule has 2 aromatic rings. The molecule has 0 bridgehead atoms. The summed E-state index contributed by atoms with van der Waals surface area (Å²) in [5.41, 5.74) is 1.12. The zero-order valence-corrected chi connectivity index (χ0v) is 17.7. The first-order chi connectivity index (χ1) is 14.0. The largest absolute Gasteiger partial charge is 0.366 e. The summed E-state index contributed by atoms with van der Waals surface area (Å²) in [5, 5.41) is 11.3. The average Bonchev–Trinajstić information content (AvgIpc) is 3.32. The molecular weight excluding hydrogens is 390 g/mol. The first kappa shape index (κ1) is 19.9. The van der Waals surface area contributed by atoms with Crippen molar-refractivity contribution in [3.05, 3.63) is 23.6 Å². The molecule has 1 saturated heterocycles. The number of hydrogen-bond donors (Lipinski definition) is 2. The molecule has 1 aliphatic heterocycles. The molecule has 0 atom stereocenters. The highest BCUT2D eigenvalue weighted by Gasteiger charge is 2.42. The number of carbonyl (C=O) groups excluding carboxylic acids is 1. The molecule has 0 unspecified atom stereocenters. The van der Waals surface area contributed by atoms with Crippen molar-refractivity contribution in [1.29, 1.82) is 0 Å². The molecule has 1 amide bonds. The monoisotopic (exact) mass is 417 g/mol. The van der Waals surface area contributed by atoms with E-state index < -0.39 is 0 Å². The van der Waals surface area contributed by atoms with E-state index in [1.807, 2.05) is 25.1 Å². The number of aryl methyl sites for hydroxylation is 1. The van der Waals surface area contributed by atoms with Crippen molar-refractivity contribution in [2.24, 2.45) is 12.5 Å². The van der Waals surface area contributed by atoms with Crippen LogP contribution in [-0.2, 0) is 11.8 Å². The van der Waals surface area contributed by atoms with Gasteiger partial charge in [-0.05, 0) is 37.5 Å². The summed E-state index contributed by atoms with van der Waals surface area (Å²) >= 11 is 6.34. The van der Waals surface area contributed by atoms with Crippen LogP contribution < -0.4 is 10.6 Å². The zero-order valence-electron chi connectivity index (χ0n) is 17.0. The van der Waals surface area contributed by atoms with Crippen LogP contribution in [-0.4, -0.2) is 49.7 Å². The Morgan fingerprint density at radius 2 is 2.10 bits per heavy atom. The molecule has 2 fully saturated rings. The van der Waals surface area contributed by atoms with E-state index >= 15 is 0 Å². The number of halogens is 1. The van der Waals surface area contributed by atoms with Crippen molar-refractivity contribution >= 4 is 35.0 Å². The molecule has 0 radical (unpaired) electrons. The van der Waals surface area contributed by atoms with E-state index in [1.165, 1.54) is 0 Å². The van der Waals surface area contributed by atoms with Crippen LogP contribution in [0.3, 0.4) is 0 Å². The Bertz CT molecular complexity index is 875. The predicted octanol–water partition coefficient (Wildman–Crippen LogP) is 3.59. The normalized spacial score (nSPS) is 24.1. The quantitative estimate of drug-likeness (QED) is 0.772. The van der Waals surface area contributed by atoms with Crippen molar-refractivity contribution in [3.63, 3.8) is 0 Å². The Kier molecular flexibility index (Phi) is 5.63. The third kappa shape index (κ3) is 4.47. The Morgan fingerprint density at radius 1 is 1.31 bits per heavy atom. The molecular formula is C20H28ClN7O. The molecule has 8 nitrogen and oxygen atoms in total. The maximum absolute atomic E-state index is 12.0. The fourth-order valence-corrected chi connectivity index (χ4v) is 4.64. The summed E-state index contributed by atoms with van der Waals surface area (Å²) in [6.45, 7) is 3.77. The molecule has 156 valence electrons. The first-order valence-corrected chi connectivity index (χ1v) is 10.7. The molecule has 4 rings (SSSR count). The summed E-state index contributed by atoms with van der Waals surface area (Å²) < 4.78 is 1.72. The van der Waals surface area contributed by atoms with Gasteiger partial charge in [0.25, 0.3) is 0 Å². The van der Waals surface area contributed by atoms with E-state index in [1.54, 1.807) is 17.1 Å². The van der Waals surface area contributed by atoms with Crippen molar-refractivity contribution < 1.29 is 4.79 Å². The third-order valence-electron chi connectivity index (χ3n) is 6.19. The molecule has 1 saturated carbocycles. The number of nitrogens with one attached hydrogen (secondary N) is 2. The minimum atomic E-state index is 0.281. The van der Waals surface area contributed by atoms with Gasteiger partial charge in [0.2, 0.25) is 11.9 Å². The molecule has 29 heavy (non-hydrogen) atoms. The Labute approximate surface area is 176 Å². The van der Waals surface area contributed by atoms with Crippen LogP contribution in [0.4, 0.5) is 17.5 Å². The number of aromatic nitrogens is 4. The highest BCUT2D eigenvalue weighted by Crippen LogP contribution is 2.44. The number of hydrogen-bond acceptors (Lipinski definition) is 6. The fourth-order valence-electron chi connectivity index (χ4n) is 4.49. The van der Waals surface area contributed by atoms with Gasteiger partial charge in [-0.2, -0.15) is 10.1 Å². The highest BCUT2D eigenvalue weighted by molar-refractivity contribution is 6.32. The molecule has 2 aromatic heterocycles. The van der Waals surface area contributed by atoms with E-state index in [0.29, 0.717) is 34.7 Å². The maximum Gasteiger partial charge on any atom is 0.229 e. The predicted molar refractivity (Wildman–Crippen MR) is 113 cm³/mol. The number of anilines is 3. The van der Waals surface area contributed by atoms with Gasteiger partial charge in [-0.1, -0.05) is 18.5 Å². The second-order valence-corrected chi connectivity index (χ2v) is 8.66. The fraction of sp³-hybridized carbons (Fsp3) is 0.600. The smallest absolute Gasteiger partial charge is 0.229 e. The van der Waals surface area contributed by atoms with Crippen molar-refractivity contribution in [2.75, 3.05) is 23.7 Å². The van der Waals surface area contributed by atoms with Gasteiger partial charge in [-0.3, -0.25) is 9.48 Å². The SMILES string of the molecule is CCC(=O)N1CCC2(CCC(Nc3nc(Nc4cnn(C)c4)ncc3Cl)CC2)C1. The van der Waals surface area contributed by atoms with Crippen molar-refractivity contribution in [1.82, 2.24) is 24.6 Å². The van der Waals surface area contributed by atoms with E-state index in [9.17, 15) is 4.79 Å². The third-order valence-corrected chi connectivity index (χ3v) is 6.46. The number of nitrogens with zero attached hydrogens (tertiary/aromatic N) is 5. The van der Waals surface area contributed by atoms with Crippen molar-refractivity contribution in [2.45, 2.75) is 51.5 Å². The summed E-state index contributed by atoms with van der Waals surface area (Å²) in [4.78, 5) is 22.9. The molecule has 1 spiro atoms.